The maximum atomic E-state index is 12.2. The van der Waals surface area contributed by atoms with Crippen molar-refractivity contribution in [2.75, 3.05) is 13.7 Å². The van der Waals surface area contributed by atoms with Gasteiger partial charge in [0.1, 0.15) is 0 Å². The van der Waals surface area contributed by atoms with Gasteiger partial charge in [-0.2, -0.15) is 0 Å². The molecule has 0 unspecified atom stereocenters. The Morgan fingerprint density at radius 2 is 2.10 bits per heavy atom. The summed E-state index contributed by atoms with van der Waals surface area (Å²) < 4.78 is 50.1. The van der Waals surface area contributed by atoms with Crippen molar-refractivity contribution in [3.05, 3.63) is 17.3 Å². The van der Waals surface area contributed by atoms with Crippen LogP contribution in [0.3, 0.4) is 0 Å². The van der Waals surface area contributed by atoms with Crippen molar-refractivity contribution in [1.29, 1.82) is 0 Å². The minimum absolute atomic E-state index is 0.0369. The van der Waals surface area contributed by atoms with Crippen LogP contribution in [0.2, 0.25) is 0 Å². The van der Waals surface area contributed by atoms with Crippen molar-refractivity contribution in [2.45, 2.75) is 18.6 Å². The summed E-state index contributed by atoms with van der Waals surface area (Å²) in [6.07, 6.45) is -4.91. The Balaban J connectivity index is 3.30. The lowest BCUT2D eigenvalue weighted by atomic mass is 10.2. The fraction of sp³-hybridized carbons (Fsp3) is 0.455. The van der Waals surface area contributed by atoms with Gasteiger partial charge in [-0.25, -0.2) is 9.78 Å². The number of carbonyl (C=O) groups is 1. The summed E-state index contributed by atoms with van der Waals surface area (Å²) in [6.45, 7) is 1.61. The standard InChI is InChI=1S/C11H11BrF3NO4/c1-3-19-10(17)8-9(18-2)6(5-12)4-7(16-8)20-11(13,14)15/h4H,3,5H2,1-2H3. The highest BCUT2D eigenvalue weighted by atomic mass is 79.9. The lowest BCUT2D eigenvalue weighted by Crippen LogP contribution is -2.19. The molecule has 0 saturated carbocycles. The molecule has 0 aliphatic rings. The highest BCUT2D eigenvalue weighted by molar-refractivity contribution is 9.08. The second-order valence-corrected chi connectivity index (χ2v) is 3.96. The molecule has 1 aromatic rings. The Labute approximate surface area is 121 Å². The zero-order chi connectivity index (χ0) is 15.3. The molecule has 0 N–H and O–H groups in total. The second-order valence-electron chi connectivity index (χ2n) is 3.40. The van der Waals surface area contributed by atoms with E-state index in [1.54, 1.807) is 6.92 Å². The van der Waals surface area contributed by atoms with E-state index in [9.17, 15) is 18.0 Å². The van der Waals surface area contributed by atoms with Crippen LogP contribution in [0, 0.1) is 0 Å². The van der Waals surface area contributed by atoms with Gasteiger partial charge in [-0.1, -0.05) is 15.9 Å². The maximum Gasteiger partial charge on any atom is 0.574 e. The van der Waals surface area contributed by atoms with Crippen molar-refractivity contribution >= 4 is 21.9 Å². The van der Waals surface area contributed by atoms with Crippen LogP contribution in [0.15, 0.2) is 6.07 Å². The zero-order valence-corrected chi connectivity index (χ0v) is 12.2. The number of nitrogens with zero attached hydrogens (tertiary/aromatic N) is 1. The third kappa shape index (κ3) is 4.26. The molecular weight excluding hydrogens is 347 g/mol. The highest BCUT2D eigenvalue weighted by Crippen LogP contribution is 2.31. The van der Waals surface area contributed by atoms with Crippen LogP contribution < -0.4 is 9.47 Å². The van der Waals surface area contributed by atoms with Gasteiger partial charge in [-0.05, 0) is 6.92 Å². The van der Waals surface area contributed by atoms with Crippen LogP contribution >= 0.6 is 15.9 Å². The largest absolute Gasteiger partial charge is 0.574 e. The second kappa shape index (κ2) is 6.78. The zero-order valence-electron chi connectivity index (χ0n) is 10.6. The summed E-state index contributed by atoms with van der Waals surface area (Å²) in [5.41, 5.74) is -0.0876. The van der Waals surface area contributed by atoms with E-state index in [4.69, 9.17) is 9.47 Å². The van der Waals surface area contributed by atoms with Crippen LogP contribution in [0.4, 0.5) is 13.2 Å². The van der Waals surface area contributed by atoms with E-state index < -0.39 is 18.2 Å². The van der Waals surface area contributed by atoms with E-state index in [1.807, 2.05) is 0 Å². The van der Waals surface area contributed by atoms with E-state index in [2.05, 4.69) is 25.7 Å². The summed E-state index contributed by atoms with van der Waals surface area (Å²) in [7, 11) is 1.27. The average molecular weight is 358 g/mol. The van der Waals surface area contributed by atoms with Gasteiger partial charge in [-0.3, -0.25) is 0 Å². The minimum atomic E-state index is -4.91. The Bertz CT molecular complexity index is 493. The van der Waals surface area contributed by atoms with Gasteiger partial charge in [-0.15, -0.1) is 13.2 Å². The first-order chi connectivity index (χ1) is 9.32. The molecule has 112 valence electrons. The number of methoxy groups -OCH3 is 1. The van der Waals surface area contributed by atoms with E-state index in [0.717, 1.165) is 6.07 Å². The molecule has 0 aromatic carbocycles. The third-order valence-electron chi connectivity index (χ3n) is 2.06. The van der Waals surface area contributed by atoms with Crippen LogP contribution in [0.1, 0.15) is 23.0 Å². The molecule has 0 atom stereocenters. The van der Waals surface area contributed by atoms with Crippen molar-refractivity contribution in [3.63, 3.8) is 0 Å². The topological polar surface area (TPSA) is 57.7 Å². The lowest BCUT2D eigenvalue weighted by Gasteiger charge is -2.14. The SMILES string of the molecule is CCOC(=O)c1nc(OC(F)(F)F)cc(CBr)c1OC. The van der Waals surface area contributed by atoms with Crippen molar-refractivity contribution in [2.24, 2.45) is 0 Å². The predicted molar refractivity (Wildman–Crippen MR) is 66.1 cm³/mol. The fourth-order valence-corrected chi connectivity index (χ4v) is 1.81. The molecule has 9 heteroatoms. The fourth-order valence-electron chi connectivity index (χ4n) is 1.40. The van der Waals surface area contributed by atoms with Crippen molar-refractivity contribution in [3.8, 4) is 11.6 Å². The van der Waals surface area contributed by atoms with Gasteiger partial charge in [0.05, 0.1) is 13.7 Å². The summed E-state index contributed by atoms with van der Waals surface area (Å²) in [4.78, 5) is 15.2. The molecule has 0 radical (unpaired) electrons. The minimum Gasteiger partial charge on any atom is -0.494 e. The molecular formula is C11H11BrF3NO4. The molecule has 0 fully saturated rings. The number of hydrogen-bond acceptors (Lipinski definition) is 5. The van der Waals surface area contributed by atoms with Gasteiger partial charge in [0.2, 0.25) is 5.88 Å². The number of pyridine rings is 1. The number of halogens is 4. The Morgan fingerprint density at radius 1 is 1.45 bits per heavy atom. The Kier molecular flexibility index (Phi) is 5.61. The van der Waals surface area contributed by atoms with Crippen LogP contribution in [0.5, 0.6) is 11.6 Å². The van der Waals surface area contributed by atoms with Crippen molar-refractivity contribution in [1.82, 2.24) is 4.98 Å². The number of rotatable bonds is 5. The number of aromatic nitrogens is 1. The Morgan fingerprint density at radius 3 is 2.55 bits per heavy atom. The summed E-state index contributed by atoms with van der Waals surface area (Å²) >= 11 is 3.09. The van der Waals surface area contributed by atoms with Gasteiger partial charge >= 0.3 is 12.3 Å². The van der Waals surface area contributed by atoms with Gasteiger partial charge < -0.3 is 14.2 Å². The smallest absolute Gasteiger partial charge is 0.494 e. The van der Waals surface area contributed by atoms with Gasteiger partial charge in [0.25, 0.3) is 0 Å². The molecule has 0 aliphatic carbocycles. The van der Waals surface area contributed by atoms with Crippen molar-refractivity contribution < 1.29 is 32.2 Å². The third-order valence-corrected chi connectivity index (χ3v) is 2.67. The monoisotopic (exact) mass is 357 g/mol. The maximum absolute atomic E-state index is 12.2. The number of alkyl halides is 4. The quantitative estimate of drug-likeness (QED) is 0.598. The molecule has 1 aromatic heterocycles. The number of esters is 1. The Hall–Kier alpha value is -1.51. The van der Waals surface area contributed by atoms with Crippen LogP contribution in [-0.4, -0.2) is 31.0 Å². The highest BCUT2D eigenvalue weighted by Gasteiger charge is 2.33. The first-order valence-corrected chi connectivity index (χ1v) is 6.51. The summed E-state index contributed by atoms with van der Waals surface area (Å²) in [5, 5.41) is 0.152. The summed E-state index contributed by atoms with van der Waals surface area (Å²) in [6, 6.07) is 1.03. The molecule has 0 saturated heterocycles. The van der Waals surface area contributed by atoms with Gasteiger partial charge in [0, 0.05) is 17.0 Å². The molecule has 0 amide bonds. The molecule has 0 aliphatic heterocycles. The van der Waals surface area contributed by atoms with E-state index >= 15 is 0 Å². The lowest BCUT2D eigenvalue weighted by molar-refractivity contribution is -0.276. The molecule has 0 bridgehead atoms. The molecule has 1 rings (SSSR count). The molecule has 0 spiro atoms. The first kappa shape index (κ1) is 16.5. The molecule has 5 nitrogen and oxygen atoms in total. The molecule has 1 heterocycles. The van der Waals surface area contributed by atoms with E-state index in [0.29, 0.717) is 0 Å². The van der Waals surface area contributed by atoms with Gasteiger partial charge in [0.15, 0.2) is 11.4 Å². The van der Waals surface area contributed by atoms with E-state index in [1.165, 1.54) is 7.11 Å². The van der Waals surface area contributed by atoms with Crippen LogP contribution in [0.25, 0.3) is 0 Å². The predicted octanol–water partition coefficient (Wildman–Crippen LogP) is 3.06. The summed E-state index contributed by atoms with van der Waals surface area (Å²) in [5.74, 6) is -1.61. The number of hydrogen-bond donors (Lipinski definition) is 0. The first-order valence-electron chi connectivity index (χ1n) is 5.39. The normalized spacial score (nSPS) is 11.1. The number of ether oxygens (including phenoxy) is 3. The van der Waals surface area contributed by atoms with E-state index in [-0.39, 0.29) is 28.9 Å². The molecule has 20 heavy (non-hydrogen) atoms. The van der Waals surface area contributed by atoms with Crippen LogP contribution in [-0.2, 0) is 10.1 Å². The number of carbonyl (C=O) groups excluding carboxylic acids is 1. The average Bonchev–Trinajstić information content (AvgIpc) is 2.35.